The topological polar surface area (TPSA) is 92.7 Å². The fourth-order valence-electron chi connectivity index (χ4n) is 4.45. The summed E-state index contributed by atoms with van der Waals surface area (Å²) >= 11 is 0. The molecule has 0 aromatic heterocycles. The lowest BCUT2D eigenvalue weighted by Crippen LogP contribution is -2.54. The third kappa shape index (κ3) is 2.43. The number of aliphatic hydroxyl groups is 1. The van der Waals surface area contributed by atoms with Gasteiger partial charge in [-0.05, 0) is 56.7 Å². The minimum atomic E-state index is -4.01. The van der Waals surface area contributed by atoms with Crippen LogP contribution in [-0.2, 0) is 19.6 Å². The van der Waals surface area contributed by atoms with E-state index in [1.807, 2.05) is 0 Å². The summed E-state index contributed by atoms with van der Waals surface area (Å²) in [6, 6.07) is 3.72. The maximum Gasteiger partial charge on any atom is 0.337 e. The van der Waals surface area contributed by atoms with Crippen molar-refractivity contribution < 1.29 is 27.4 Å². The largest absolute Gasteiger partial charge is 0.455 e. The molecule has 1 aromatic rings. The van der Waals surface area contributed by atoms with Crippen LogP contribution in [0.2, 0.25) is 0 Å². The summed E-state index contributed by atoms with van der Waals surface area (Å²) in [4.78, 5) is 12.0. The normalized spacial score (nSPS) is 35.8. The van der Waals surface area contributed by atoms with Crippen molar-refractivity contribution in [3.05, 3.63) is 41.2 Å². The van der Waals surface area contributed by atoms with Crippen molar-refractivity contribution in [2.24, 2.45) is 5.92 Å². The van der Waals surface area contributed by atoms with Crippen LogP contribution in [0.1, 0.15) is 31.7 Å². The van der Waals surface area contributed by atoms with Crippen molar-refractivity contribution in [1.29, 1.82) is 0 Å². The van der Waals surface area contributed by atoms with E-state index in [2.05, 4.69) is 4.72 Å². The van der Waals surface area contributed by atoms with E-state index in [9.17, 15) is 22.7 Å². The number of hydrogen-bond donors (Lipinski definition) is 2. The van der Waals surface area contributed by atoms with Crippen LogP contribution in [0.5, 0.6) is 0 Å². The first-order valence-corrected chi connectivity index (χ1v) is 10.0. The molecule has 4 atom stereocenters. The van der Waals surface area contributed by atoms with Gasteiger partial charge in [0.15, 0.2) is 0 Å². The summed E-state index contributed by atoms with van der Waals surface area (Å²) < 4.78 is 47.1. The van der Waals surface area contributed by atoms with Crippen molar-refractivity contribution in [2.75, 3.05) is 0 Å². The van der Waals surface area contributed by atoms with Crippen LogP contribution in [0.3, 0.4) is 0 Å². The van der Waals surface area contributed by atoms with Gasteiger partial charge in [0.25, 0.3) is 0 Å². The zero-order valence-electron chi connectivity index (χ0n) is 14.5. The highest BCUT2D eigenvalue weighted by Crippen LogP contribution is 2.53. The van der Waals surface area contributed by atoms with Crippen LogP contribution in [0, 0.1) is 18.7 Å². The number of ether oxygens (including phenoxy) is 1. The van der Waals surface area contributed by atoms with Gasteiger partial charge in [-0.2, -0.15) is 0 Å². The second kappa shape index (κ2) is 5.37. The summed E-state index contributed by atoms with van der Waals surface area (Å²) in [5.41, 5.74) is -1.94. The third-order valence-electron chi connectivity index (χ3n) is 5.75. The van der Waals surface area contributed by atoms with E-state index in [-0.39, 0.29) is 16.4 Å². The maximum atomic E-state index is 13.8. The molecule has 1 aliphatic heterocycles. The van der Waals surface area contributed by atoms with Crippen LogP contribution in [-0.4, -0.2) is 36.7 Å². The Morgan fingerprint density at radius 3 is 2.77 bits per heavy atom. The number of sulfonamides is 1. The standard InChI is InChI=1S/C18H20FNO5S/c1-10-3-5-12(7-14(10)19)26(23,24)20-17(2)8-11-4-6-15-18(11,22)13(9-17)16(21)25-15/h3,5,7,9,11,15,20,22H,4,6,8H2,1-2H3/t11?,15-,17-,18+/m1/s1. The molecule has 6 nitrogen and oxygen atoms in total. The molecule has 1 saturated carbocycles. The van der Waals surface area contributed by atoms with Gasteiger partial charge in [-0.1, -0.05) is 12.1 Å². The van der Waals surface area contributed by atoms with Crippen molar-refractivity contribution in [2.45, 2.75) is 55.2 Å². The summed E-state index contributed by atoms with van der Waals surface area (Å²) in [6.45, 7) is 3.20. The first-order valence-electron chi connectivity index (χ1n) is 8.52. The molecule has 0 radical (unpaired) electrons. The Kier molecular flexibility index (Phi) is 3.64. The van der Waals surface area contributed by atoms with Gasteiger partial charge in [0.1, 0.15) is 17.5 Å². The average molecular weight is 381 g/mol. The van der Waals surface area contributed by atoms with E-state index in [0.29, 0.717) is 24.8 Å². The quantitative estimate of drug-likeness (QED) is 0.776. The molecule has 8 heteroatoms. The van der Waals surface area contributed by atoms with Crippen LogP contribution in [0.15, 0.2) is 34.7 Å². The molecule has 3 aliphatic rings. The number of halogens is 1. The molecule has 4 rings (SSSR count). The molecule has 1 saturated heterocycles. The molecule has 0 spiro atoms. The van der Waals surface area contributed by atoms with Gasteiger partial charge < -0.3 is 9.84 Å². The molecule has 0 bridgehead atoms. The van der Waals surface area contributed by atoms with E-state index in [0.717, 1.165) is 6.07 Å². The van der Waals surface area contributed by atoms with E-state index in [1.165, 1.54) is 18.2 Å². The lowest BCUT2D eigenvalue weighted by molar-refractivity contribution is -0.140. The van der Waals surface area contributed by atoms with E-state index < -0.39 is 39.1 Å². The molecular formula is C18H20FNO5S. The Morgan fingerprint density at radius 1 is 1.35 bits per heavy atom. The van der Waals surface area contributed by atoms with Gasteiger partial charge in [0, 0.05) is 5.54 Å². The number of carbonyl (C=O) groups excluding carboxylic acids is 1. The van der Waals surface area contributed by atoms with Gasteiger partial charge >= 0.3 is 5.97 Å². The Hall–Kier alpha value is -1.77. The molecule has 140 valence electrons. The molecular weight excluding hydrogens is 361 g/mol. The first kappa shape index (κ1) is 17.6. The molecule has 1 unspecified atom stereocenters. The lowest BCUT2D eigenvalue weighted by Gasteiger charge is -2.40. The molecule has 2 aliphatic carbocycles. The maximum absolute atomic E-state index is 13.8. The fraction of sp³-hybridized carbons (Fsp3) is 0.500. The number of rotatable bonds is 3. The number of nitrogens with one attached hydrogen (secondary N) is 1. The predicted molar refractivity (Wildman–Crippen MR) is 90.1 cm³/mol. The van der Waals surface area contributed by atoms with Crippen molar-refractivity contribution in [3.63, 3.8) is 0 Å². The number of benzene rings is 1. The number of aryl methyl sites for hydroxylation is 1. The van der Waals surface area contributed by atoms with Crippen LogP contribution in [0.4, 0.5) is 4.39 Å². The number of carbonyl (C=O) groups is 1. The first-order chi connectivity index (χ1) is 12.1. The van der Waals surface area contributed by atoms with Crippen LogP contribution in [0.25, 0.3) is 0 Å². The SMILES string of the molecule is Cc1ccc(S(=O)(=O)N[C@@]2(C)C=C3C(=O)O[C@@H]4CCC(C2)[C@]34O)cc1F. The lowest BCUT2D eigenvalue weighted by atomic mass is 9.71. The van der Waals surface area contributed by atoms with Gasteiger partial charge in [0.2, 0.25) is 10.0 Å². The van der Waals surface area contributed by atoms with Crippen molar-refractivity contribution in [3.8, 4) is 0 Å². The molecule has 2 N–H and O–H groups in total. The second-order valence-corrected chi connectivity index (χ2v) is 9.37. The minimum absolute atomic E-state index is 0.122. The Morgan fingerprint density at radius 2 is 2.08 bits per heavy atom. The predicted octanol–water partition coefficient (Wildman–Crippen LogP) is 1.57. The number of esters is 1. The highest BCUT2D eigenvalue weighted by Gasteiger charge is 2.64. The third-order valence-corrected chi connectivity index (χ3v) is 7.36. The Labute approximate surface area is 151 Å². The van der Waals surface area contributed by atoms with Gasteiger partial charge in [-0.15, -0.1) is 0 Å². The van der Waals surface area contributed by atoms with E-state index >= 15 is 0 Å². The van der Waals surface area contributed by atoms with E-state index in [1.54, 1.807) is 13.8 Å². The molecule has 1 heterocycles. The highest BCUT2D eigenvalue weighted by molar-refractivity contribution is 7.89. The Bertz CT molecular complexity index is 943. The number of hydrogen-bond acceptors (Lipinski definition) is 5. The average Bonchev–Trinajstić information content (AvgIpc) is 2.97. The monoisotopic (exact) mass is 381 g/mol. The Balaban J connectivity index is 1.71. The van der Waals surface area contributed by atoms with Gasteiger partial charge in [-0.25, -0.2) is 22.3 Å². The van der Waals surface area contributed by atoms with E-state index in [4.69, 9.17) is 4.74 Å². The smallest absolute Gasteiger partial charge is 0.337 e. The van der Waals surface area contributed by atoms with Gasteiger partial charge in [0.05, 0.1) is 10.5 Å². The molecule has 2 fully saturated rings. The summed E-state index contributed by atoms with van der Waals surface area (Å²) in [7, 11) is -4.01. The summed E-state index contributed by atoms with van der Waals surface area (Å²) in [5.74, 6) is -1.48. The minimum Gasteiger partial charge on any atom is -0.455 e. The van der Waals surface area contributed by atoms with Crippen molar-refractivity contribution in [1.82, 2.24) is 4.72 Å². The van der Waals surface area contributed by atoms with Crippen LogP contribution < -0.4 is 4.72 Å². The zero-order chi connectivity index (χ0) is 18.9. The second-order valence-electron chi connectivity index (χ2n) is 7.69. The molecule has 0 amide bonds. The molecule has 1 aromatic carbocycles. The van der Waals surface area contributed by atoms with Crippen LogP contribution >= 0.6 is 0 Å². The summed E-state index contributed by atoms with van der Waals surface area (Å²) in [6.07, 6.45) is 2.42. The van der Waals surface area contributed by atoms with Gasteiger partial charge in [-0.3, -0.25) is 0 Å². The molecule has 26 heavy (non-hydrogen) atoms. The highest BCUT2D eigenvalue weighted by atomic mass is 32.2. The summed E-state index contributed by atoms with van der Waals surface area (Å²) in [5, 5.41) is 11.0. The fourth-order valence-corrected chi connectivity index (χ4v) is 5.83. The van der Waals surface area contributed by atoms with Crippen molar-refractivity contribution >= 4 is 16.0 Å². The zero-order valence-corrected chi connectivity index (χ0v) is 15.3.